The lowest BCUT2D eigenvalue weighted by atomic mass is 10.5. The van der Waals surface area contributed by atoms with Gasteiger partial charge in [-0.1, -0.05) is 6.58 Å². The van der Waals surface area contributed by atoms with E-state index in [-0.39, 0.29) is 12.5 Å². The average Bonchev–Trinajstić information content (AvgIpc) is 1.65. The van der Waals surface area contributed by atoms with Crippen LogP contribution in [0, 0.1) is 0 Å². The molecule has 8 heavy (non-hydrogen) atoms. The Kier molecular flexibility index (Phi) is 2.88. The van der Waals surface area contributed by atoms with Crippen LogP contribution >= 0.6 is 0 Å². The van der Waals surface area contributed by atoms with Gasteiger partial charge in [0, 0.05) is 5.70 Å². The van der Waals surface area contributed by atoms with E-state index < -0.39 is 0 Å². The molecule has 3 heteroatoms. The Balaban J connectivity index is 3.40. The fourth-order valence-electron chi connectivity index (χ4n) is 0.289. The number of amides is 1. The summed E-state index contributed by atoms with van der Waals surface area (Å²) in [7, 11) is 0. The molecule has 0 spiro atoms. The van der Waals surface area contributed by atoms with Gasteiger partial charge in [-0.05, 0) is 6.92 Å². The van der Waals surface area contributed by atoms with Gasteiger partial charge in [-0.15, -0.1) is 0 Å². The molecule has 1 amide bonds. The smallest absolute Gasteiger partial charge is 0.237 e. The van der Waals surface area contributed by atoms with E-state index in [1.54, 1.807) is 6.92 Å². The highest BCUT2D eigenvalue weighted by atomic mass is 16.1. The Morgan fingerprint density at radius 1 is 1.88 bits per heavy atom. The molecular formula is C5H10N2O. The van der Waals surface area contributed by atoms with E-state index >= 15 is 0 Å². The van der Waals surface area contributed by atoms with Crippen molar-refractivity contribution in [1.29, 1.82) is 0 Å². The molecule has 0 aromatic rings. The van der Waals surface area contributed by atoms with Crippen LogP contribution in [0.4, 0.5) is 0 Å². The second-order valence-corrected chi connectivity index (χ2v) is 1.53. The van der Waals surface area contributed by atoms with Crippen molar-refractivity contribution in [3.8, 4) is 0 Å². The van der Waals surface area contributed by atoms with E-state index in [9.17, 15) is 4.79 Å². The highest BCUT2D eigenvalue weighted by molar-refractivity contribution is 5.79. The number of hydrogen-bond acceptors (Lipinski definition) is 2. The van der Waals surface area contributed by atoms with Crippen molar-refractivity contribution in [3.05, 3.63) is 12.3 Å². The molecule has 3 N–H and O–H groups in total. The topological polar surface area (TPSA) is 55.1 Å². The summed E-state index contributed by atoms with van der Waals surface area (Å²) < 4.78 is 0. The molecule has 0 saturated heterocycles. The second kappa shape index (κ2) is 3.21. The minimum absolute atomic E-state index is 0.0207. The van der Waals surface area contributed by atoms with Crippen molar-refractivity contribution in [2.24, 2.45) is 5.73 Å². The Labute approximate surface area is 48.6 Å². The van der Waals surface area contributed by atoms with Gasteiger partial charge in [0.05, 0.1) is 6.54 Å². The summed E-state index contributed by atoms with van der Waals surface area (Å²) in [5.74, 6) is -0.197. The van der Waals surface area contributed by atoms with E-state index in [4.69, 9.17) is 5.73 Å². The molecule has 0 radical (unpaired) electrons. The van der Waals surface area contributed by atoms with Gasteiger partial charge in [-0.2, -0.15) is 0 Å². The molecule has 0 saturated carbocycles. The largest absolute Gasteiger partial charge is 0.330 e. The van der Waals surface area contributed by atoms with Crippen LogP contribution in [-0.2, 0) is 4.79 Å². The molecule has 0 unspecified atom stereocenters. The number of allylic oxidation sites excluding steroid dienone is 1. The van der Waals surface area contributed by atoms with Gasteiger partial charge in [-0.3, -0.25) is 4.79 Å². The fourth-order valence-corrected chi connectivity index (χ4v) is 0.289. The molecular weight excluding hydrogens is 104 g/mol. The highest BCUT2D eigenvalue weighted by Gasteiger charge is 1.92. The van der Waals surface area contributed by atoms with E-state index in [2.05, 4.69) is 11.9 Å². The zero-order chi connectivity index (χ0) is 6.57. The third-order valence-corrected chi connectivity index (χ3v) is 0.538. The average molecular weight is 114 g/mol. The maximum absolute atomic E-state index is 10.3. The van der Waals surface area contributed by atoms with E-state index in [1.165, 1.54) is 0 Å². The van der Waals surface area contributed by atoms with Crippen LogP contribution in [0.5, 0.6) is 0 Å². The van der Waals surface area contributed by atoms with Crippen molar-refractivity contribution in [3.63, 3.8) is 0 Å². The first-order chi connectivity index (χ1) is 3.66. The lowest BCUT2D eigenvalue weighted by Gasteiger charge is -1.97. The van der Waals surface area contributed by atoms with Crippen LogP contribution in [0.3, 0.4) is 0 Å². The van der Waals surface area contributed by atoms with Gasteiger partial charge in [0.15, 0.2) is 0 Å². The van der Waals surface area contributed by atoms with Crippen LogP contribution in [0.15, 0.2) is 12.3 Å². The predicted molar refractivity (Wildman–Crippen MR) is 32.0 cm³/mol. The SMILES string of the molecule is C=C(C)NC(=O)CN. The van der Waals surface area contributed by atoms with Crippen LogP contribution < -0.4 is 11.1 Å². The van der Waals surface area contributed by atoms with Crippen LogP contribution in [0.1, 0.15) is 6.92 Å². The Morgan fingerprint density at radius 3 is 2.50 bits per heavy atom. The monoisotopic (exact) mass is 114 g/mol. The summed E-state index contributed by atoms with van der Waals surface area (Å²) in [5.41, 5.74) is 5.59. The maximum Gasteiger partial charge on any atom is 0.237 e. The minimum atomic E-state index is -0.197. The van der Waals surface area contributed by atoms with Crippen LogP contribution in [0.25, 0.3) is 0 Å². The summed E-state index contributed by atoms with van der Waals surface area (Å²) >= 11 is 0. The van der Waals surface area contributed by atoms with Gasteiger partial charge < -0.3 is 11.1 Å². The second-order valence-electron chi connectivity index (χ2n) is 1.53. The standard InChI is InChI=1S/C5H10N2O/c1-4(2)7-5(8)3-6/h1,3,6H2,2H3,(H,7,8). The molecule has 0 rings (SSSR count). The summed E-state index contributed by atoms with van der Waals surface area (Å²) in [6.45, 7) is 5.18. The van der Waals surface area contributed by atoms with Crippen LogP contribution in [0.2, 0.25) is 0 Å². The zero-order valence-corrected chi connectivity index (χ0v) is 4.90. The number of rotatable bonds is 2. The third kappa shape index (κ3) is 3.36. The van der Waals surface area contributed by atoms with Crippen molar-refractivity contribution < 1.29 is 4.79 Å². The number of carbonyl (C=O) groups is 1. The van der Waals surface area contributed by atoms with Gasteiger partial charge in [-0.25, -0.2) is 0 Å². The summed E-state index contributed by atoms with van der Waals surface area (Å²) in [5, 5.41) is 2.43. The Hall–Kier alpha value is -0.830. The number of hydrogen-bond donors (Lipinski definition) is 2. The normalized spacial score (nSPS) is 8.25. The molecule has 0 aliphatic heterocycles. The van der Waals surface area contributed by atoms with Crippen LogP contribution in [-0.4, -0.2) is 12.5 Å². The number of nitrogens with two attached hydrogens (primary N) is 1. The first-order valence-corrected chi connectivity index (χ1v) is 2.32. The Bertz CT molecular complexity index is 109. The first kappa shape index (κ1) is 7.17. The van der Waals surface area contributed by atoms with E-state index in [0.29, 0.717) is 5.70 Å². The molecule has 0 aromatic heterocycles. The number of nitrogens with one attached hydrogen (secondary N) is 1. The van der Waals surface area contributed by atoms with Gasteiger partial charge in [0.2, 0.25) is 5.91 Å². The molecule has 3 nitrogen and oxygen atoms in total. The van der Waals surface area contributed by atoms with Crippen molar-refractivity contribution in [2.75, 3.05) is 6.54 Å². The summed E-state index contributed by atoms with van der Waals surface area (Å²) in [6, 6.07) is 0. The predicted octanol–water partition coefficient (Wildman–Crippen LogP) is -0.405. The van der Waals surface area contributed by atoms with Crippen molar-refractivity contribution >= 4 is 5.91 Å². The Morgan fingerprint density at radius 2 is 2.38 bits per heavy atom. The fraction of sp³-hybridized carbons (Fsp3) is 0.400. The lowest BCUT2D eigenvalue weighted by Crippen LogP contribution is -2.28. The quantitative estimate of drug-likeness (QED) is 0.513. The van der Waals surface area contributed by atoms with Gasteiger partial charge in [0.1, 0.15) is 0 Å². The lowest BCUT2D eigenvalue weighted by molar-refractivity contribution is -0.119. The first-order valence-electron chi connectivity index (χ1n) is 2.32. The summed E-state index contributed by atoms with van der Waals surface area (Å²) in [6.07, 6.45) is 0. The highest BCUT2D eigenvalue weighted by Crippen LogP contribution is 1.74. The molecule has 0 atom stereocenters. The zero-order valence-electron chi connectivity index (χ0n) is 4.90. The summed E-state index contributed by atoms with van der Waals surface area (Å²) in [4.78, 5) is 10.3. The number of carbonyl (C=O) groups excluding carboxylic acids is 1. The molecule has 0 aromatic carbocycles. The van der Waals surface area contributed by atoms with Crippen molar-refractivity contribution in [1.82, 2.24) is 5.32 Å². The molecule has 46 valence electrons. The van der Waals surface area contributed by atoms with E-state index in [0.717, 1.165) is 0 Å². The third-order valence-electron chi connectivity index (χ3n) is 0.538. The minimum Gasteiger partial charge on any atom is -0.330 e. The van der Waals surface area contributed by atoms with Crippen molar-refractivity contribution in [2.45, 2.75) is 6.92 Å². The molecule has 0 aliphatic carbocycles. The maximum atomic E-state index is 10.3. The van der Waals surface area contributed by atoms with Gasteiger partial charge >= 0.3 is 0 Å². The van der Waals surface area contributed by atoms with Gasteiger partial charge in [0.25, 0.3) is 0 Å². The molecule has 0 fully saturated rings. The van der Waals surface area contributed by atoms with E-state index in [1.807, 2.05) is 0 Å². The molecule has 0 bridgehead atoms. The molecule has 0 aliphatic rings. The molecule has 0 heterocycles.